The van der Waals surface area contributed by atoms with E-state index in [1.807, 2.05) is 51.1 Å². The Morgan fingerprint density at radius 3 is 2.47 bits per heavy atom. The van der Waals surface area contributed by atoms with Gasteiger partial charge in [0.1, 0.15) is 12.4 Å². The molecule has 0 radical (unpaired) electrons. The Hall–Kier alpha value is -1.50. The third-order valence-corrected chi connectivity index (χ3v) is 2.23. The van der Waals surface area contributed by atoms with Gasteiger partial charge in [-0.15, -0.1) is 0 Å². The monoisotopic (exact) mass is 262 g/mol. The molecule has 1 N–H and O–H groups in total. The maximum Gasteiger partial charge on any atom is 0.149 e. The topological polar surface area (TPSA) is 38.7 Å². The summed E-state index contributed by atoms with van der Waals surface area (Å²) in [4.78, 5) is 0. The molecule has 3 heteroatoms. The average Bonchev–Trinajstić information content (AvgIpc) is 2.36. The predicted molar refractivity (Wildman–Crippen MR) is 76.0 cm³/mol. The van der Waals surface area contributed by atoms with Gasteiger partial charge in [-0.3, -0.25) is 0 Å². The average molecular weight is 262 g/mol. The SMILES string of the molecule is CC(C)(C)OCC(O)CC#CCOc1ccccc1. The minimum atomic E-state index is -0.552. The van der Waals surface area contributed by atoms with E-state index in [-0.39, 0.29) is 5.60 Å². The van der Waals surface area contributed by atoms with Gasteiger partial charge in [-0.1, -0.05) is 30.0 Å². The van der Waals surface area contributed by atoms with Crippen molar-refractivity contribution in [2.24, 2.45) is 0 Å². The van der Waals surface area contributed by atoms with E-state index in [0.29, 0.717) is 19.6 Å². The first kappa shape index (κ1) is 15.6. The molecule has 0 spiro atoms. The maximum atomic E-state index is 9.66. The number of ether oxygens (including phenoxy) is 2. The third kappa shape index (κ3) is 8.25. The molecule has 0 aliphatic heterocycles. The van der Waals surface area contributed by atoms with Crippen molar-refractivity contribution in [2.75, 3.05) is 13.2 Å². The Labute approximate surface area is 115 Å². The molecule has 0 fully saturated rings. The van der Waals surface area contributed by atoms with Gasteiger partial charge in [0.2, 0.25) is 0 Å². The number of aliphatic hydroxyl groups is 1. The minimum absolute atomic E-state index is 0.231. The largest absolute Gasteiger partial charge is 0.481 e. The standard InChI is InChI=1S/C16H22O3/c1-16(2,3)19-13-14(17)9-7-8-12-18-15-10-5-4-6-11-15/h4-6,10-11,14,17H,9,12-13H2,1-3H3. The fourth-order valence-corrected chi connectivity index (χ4v) is 1.28. The van der Waals surface area contributed by atoms with Crippen molar-refractivity contribution >= 4 is 0 Å². The van der Waals surface area contributed by atoms with Crippen LogP contribution in [-0.4, -0.2) is 30.0 Å². The Kier molecular flexibility index (Phi) is 6.41. The van der Waals surface area contributed by atoms with Crippen molar-refractivity contribution in [3.05, 3.63) is 30.3 Å². The minimum Gasteiger partial charge on any atom is -0.481 e. The molecule has 104 valence electrons. The van der Waals surface area contributed by atoms with Gasteiger partial charge in [-0.05, 0) is 32.9 Å². The van der Waals surface area contributed by atoms with E-state index in [1.165, 1.54) is 0 Å². The zero-order valence-electron chi connectivity index (χ0n) is 11.8. The second-order valence-corrected chi connectivity index (χ2v) is 5.24. The quantitative estimate of drug-likeness (QED) is 0.829. The van der Waals surface area contributed by atoms with E-state index in [1.54, 1.807) is 0 Å². The van der Waals surface area contributed by atoms with Gasteiger partial charge in [-0.2, -0.15) is 0 Å². The lowest BCUT2D eigenvalue weighted by Gasteiger charge is -2.21. The highest BCUT2D eigenvalue weighted by Crippen LogP contribution is 2.08. The lowest BCUT2D eigenvalue weighted by Crippen LogP contribution is -2.25. The van der Waals surface area contributed by atoms with E-state index in [2.05, 4.69) is 11.8 Å². The van der Waals surface area contributed by atoms with Gasteiger partial charge in [-0.25, -0.2) is 0 Å². The van der Waals surface area contributed by atoms with Crippen LogP contribution in [0.4, 0.5) is 0 Å². The van der Waals surface area contributed by atoms with Crippen molar-refractivity contribution in [3.63, 3.8) is 0 Å². The number of benzene rings is 1. The molecule has 1 aromatic carbocycles. The Morgan fingerprint density at radius 2 is 1.84 bits per heavy atom. The van der Waals surface area contributed by atoms with Crippen LogP contribution in [0.3, 0.4) is 0 Å². The Morgan fingerprint density at radius 1 is 1.16 bits per heavy atom. The van der Waals surface area contributed by atoms with Gasteiger partial charge in [0.15, 0.2) is 0 Å². The second kappa shape index (κ2) is 7.83. The summed E-state index contributed by atoms with van der Waals surface area (Å²) in [7, 11) is 0. The number of hydrogen-bond donors (Lipinski definition) is 1. The second-order valence-electron chi connectivity index (χ2n) is 5.24. The normalized spacial score (nSPS) is 12.4. The first-order valence-corrected chi connectivity index (χ1v) is 6.43. The Balaban J connectivity index is 2.17. The van der Waals surface area contributed by atoms with Gasteiger partial charge in [0.05, 0.1) is 18.3 Å². The number of rotatable bonds is 5. The van der Waals surface area contributed by atoms with E-state index < -0.39 is 6.10 Å². The molecule has 0 bridgehead atoms. The van der Waals surface area contributed by atoms with E-state index in [9.17, 15) is 5.11 Å². The first-order chi connectivity index (χ1) is 8.97. The number of hydrogen-bond acceptors (Lipinski definition) is 3. The molecule has 0 amide bonds. The number of para-hydroxylation sites is 1. The van der Waals surface area contributed by atoms with Crippen LogP contribution >= 0.6 is 0 Å². The molecule has 3 nitrogen and oxygen atoms in total. The summed E-state index contributed by atoms with van der Waals surface area (Å²) in [6.07, 6.45) is -0.155. The van der Waals surface area contributed by atoms with E-state index in [0.717, 1.165) is 5.75 Å². The van der Waals surface area contributed by atoms with Crippen molar-refractivity contribution < 1.29 is 14.6 Å². The van der Waals surface area contributed by atoms with Crippen LogP contribution in [0.5, 0.6) is 5.75 Å². The maximum absolute atomic E-state index is 9.66. The van der Waals surface area contributed by atoms with Gasteiger partial charge in [0.25, 0.3) is 0 Å². The molecule has 0 aliphatic carbocycles. The van der Waals surface area contributed by atoms with Crippen molar-refractivity contribution in [3.8, 4) is 17.6 Å². The van der Waals surface area contributed by atoms with Crippen molar-refractivity contribution in [2.45, 2.75) is 38.9 Å². The summed E-state index contributed by atoms with van der Waals surface area (Å²) in [6.45, 7) is 6.51. The van der Waals surface area contributed by atoms with Gasteiger partial charge in [0, 0.05) is 6.42 Å². The van der Waals surface area contributed by atoms with Crippen LogP contribution in [0, 0.1) is 11.8 Å². The molecular weight excluding hydrogens is 240 g/mol. The zero-order chi connectivity index (χ0) is 14.1. The van der Waals surface area contributed by atoms with Gasteiger partial charge >= 0.3 is 0 Å². The highest BCUT2D eigenvalue weighted by Gasteiger charge is 2.12. The van der Waals surface area contributed by atoms with Crippen LogP contribution in [0.25, 0.3) is 0 Å². The smallest absolute Gasteiger partial charge is 0.149 e. The third-order valence-electron chi connectivity index (χ3n) is 2.23. The summed E-state index contributed by atoms with van der Waals surface area (Å²) >= 11 is 0. The van der Waals surface area contributed by atoms with E-state index in [4.69, 9.17) is 9.47 Å². The molecule has 1 atom stereocenters. The molecule has 19 heavy (non-hydrogen) atoms. The molecular formula is C16H22O3. The molecule has 0 aromatic heterocycles. The Bertz CT molecular complexity index is 409. The first-order valence-electron chi connectivity index (χ1n) is 6.43. The lowest BCUT2D eigenvalue weighted by atomic mass is 10.2. The molecule has 0 saturated heterocycles. The summed E-state index contributed by atoms with van der Waals surface area (Å²) in [5.41, 5.74) is -0.231. The van der Waals surface area contributed by atoms with Crippen LogP contribution in [0.15, 0.2) is 30.3 Å². The van der Waals surface area contributed by atoms with Crippen LogP contribution < -0.4 is 4.74 Å². The summed E-state index contributed by atoms with van der Waals surface area (Å²) < 4.78 is 10.9. The molecule has 1 unspecified atom stereocenters. The summed E-state index contributed by atoms with van der Waals surface area (Å²) in [5.74, 6) is 6.56. The molecule has 0 saturated carbocycles. The van der Waals surface area contributed by atoms with Crippen molar-refractivity contribution in [1.82, 2.24) is 0 Å². The zero-order valence-corrected chi connectivity index (χ0v) is 11.8. The molecule has 0 heterocycles. The van der Waals surface area contributed by atoms with Gasteiger partial charge < -0.3 is 14.6 Å². The van der Waals surface area contributed by atoms with Crippen LogP contribution in [-0.2, 0) is 4.74 Å². The van der Waals surface area contributed by atoms with Crippen LogP contribution in [0.2, 0.25) is 0 Å². The fraction of sp³-hybridized carbons (Fsp3) is 0.500. The fourth-order valence-electron chi connectivity index (χ4n) is 1.28. The van der Waals surface area contributed by atoms with Crippen molar-refractivity contribution in [1.29, 1.82) is 0 Å². The van der Waals surface area contributed by atoms with E-state index >= 15 is 0 Å². The predicted octanol–water partition coefficient (Wildman–Crippen LogP) is 2.63. The molecule has 1 aromatic rings. The van der Waals surface area contributed by atoms with Crippen LogP contribution in [0.1, 0.15) is 27.2 Å². The highest BCUT2D eigenvalue weighted by molar-refractivity contribution is 5.21. The highest BCUT2D eigenvalue weighted by atomic mass is 16.5. The summed E-state index contributed by atoms with van der Waals surface area (Å²) in [6, 6.07) is 9.53. The number of aliphatic hydroxyl groups excluding tert-OH is 1. The molecule has 0 aliphatic rings. The molecule has 1 rings (SSSR count). The summed E-state index contributed by atoms with van der Waals surface area (Å²) in [5, 5.41) is 9.66. The lowest BCUT2D eigenvalue weighted by molar-refractivity contribution is -0.0470.